The lowest BCUT2D eigenvalue weighted by atomic mass is 10.0. The predicted octanol–water partition coefficient (Wildman–Crippen LogP) is 2.67. The van der Waals surface area contributed by atoms with Gasteiger partial charge in [-0.25, -0.2) is 8.42 Å². The molecule has 0 aliphatic carbocycles. The minimum absolute atomic E-state index is 0.0544. The average molecular weight is 284 g/mol. The van der Waals surface area contributed by atoms with Crippen LogP contribution in [0.1, 0.15) is 33.3 Å². The van der Waals surface area contributed by atoms with Crippen LogP contribution in [0.25, 0.3) is 0 Å². The monoisotopic (exact) mass is 284 g/mol. The van der Waals surface area contributed by atoms with Crippen LogP contribution in [0.5, 0.6) is 0 Å². The Hall–Kier alpha value is -1.56. The van der Waals surface area contributed by atoms with Crippen LogP contribution in [-0.4, -0.2) is 25.1 Å². The van der Waals surface area contributed by atoms with Crippen molar-refractivity contribution in [2.75, 3.05) is 10.5 Å². The van der Waals surface area contributed by atoms with Crippen LogP contribution in [0.3, 0.4) is 0 Å². The van der Waals surface area contributed by atoms with Gasteiger partial charge in [0.15, 0.2) is 0 Å². The smallest absolute Gasteiger partial charge is 0.233 e. The van der Waals surface area contributed by atoms with Crippen molar-refractivity contribution in [3.05, 3.63) is 29.8 Å². The molecule has 19 heavy (non-hydrogen) atoms. The third-order valence-corrected chi connectivity index (χ3v) is 4.14. The van der Waals surface area contributed by atoms with Crippen LogP contribution < -0.4 is 4.72 Å². The fourth-order valence-corrected chi connectivity index (χ4v) is 3.33. The first-order valence-electron chi connectivity index (χ1n) is 5.92. The van der Waals surface area contributed by atoms with Gasteiger partial charge in [-0.1, -0.05) is 38.1 Å². The lowest BCUT2D eigenvalue weighted by molar-refractivity contribution is 0.319. The normalized spacial score (nSPS) is 13.4. The van der Waals surface area contributed by atoms with Crippen molar-refractivity contribution >= 4 is 21.4 Å². The number of sulfonamides is 1. The summed E-state index contributed by atoms with van der Waals surface area (Å²) in [4.78, 5) is 0. The first-order valence-corrected chi connectivity index (χ1v) is 7.58. The van der Waals surface area contributed by atoms with Gasteiger partial charge in [0, 0.05) is 5.69 Å². The van der Waals surface area contributed by atoms with Gasteiger partial charge in [0.25, 0.3) is 0 Å². The van der Waals surface area contributed by atoms with E-state index in [0.29, 0.717) is 11.4 Å². The molecule has 0 aliphatic heterocycles. The van der Waals surface area contributed by atoms with E-state index in [1.807, 2.05) is 20.8 Å². The van der Waals surface area contributed by atoms with Crippen LogP contribution in [0.15, 0.2) is 29.4 Å². The average Bonchev–Trinajstić information content (AvgIpc) is 2.25. The van der Waals surface area contributed by atoms with Gasteiger partial charge in [-0.05, 0) is 30.0 Å². The van der Waals surface area contributed by atoms with E-state index in [-0.39, 0.29) is 11.2 Å². The van der Waals surface area contributed by atoms with Crippen molar-refractivity contribution in [3.8, 4) is 0 Å². The topological polar surface area (TPSA) is 78.8 Å². The summed E-state index contributed by atoms with van der Waals surface area (Å²) in [5.74, 6) is 0.0544. The molecule has 1 aromatic carbocycles. The summed E-state index contributed by atoms with van der Waals surface area (Å²) in [6.45, 7) is 7.28. The van der Waals surface area contributed by atoms with Crippen molar-refractivity contribution in [2.24, 2.45) is 10.6 Å². The van der Waals surface area contributed by atoms with E-state index in [1.165, 1.54) is 0 Å². The van der Waals surface area contributed by atoms with Crippen molar-refractivity contribution in [3.63, 3.8) is 0 Å². The molecule has 0 saturated carbocycles. The molecule has 1 aromatic rings. The molecule has 106 valence electrons. The minimum Gasteiger partial charge on any atom is -0.411 e. The minimum atomic E-state index is -3.36. The Morgan fingerprint density at radius 1 is 1.26 bits per heavy atom. The Labute approximate surface area is 114 Å². The van der Waals surface area contributed by atoms with E-state index in [4.69, 9.17) is 5.21 Å². The van der Waals surface area contributed by atoms with Crippen LogP contribution in [0.2, 0.25) is 0 Å². The Morgan fingerprint density at radius 3 is 2.21 bits per heavy atom. The zero-order valence-corrected chi connectivity index (χ0v) is 12.5. The first-order chi connectivity index (χ1) is 8.63. The van der Waals surface area contributed by atoms with Gasteiger partial charge < -0.3 is 5.21 Å². The lowest BCUT2D eigenvalue weighted by Crippen LogP contribution is -2.26. The lowest BCUT2D eigenvalue weighted by Gasteiger charge is -2.18. The van der Waals surface area contributed by atoms with Gasteiger partial charge in [0.1, 0.15) is 0 Å². The fraction of sp³-hybridized carbons (Fsp3) is 0.462. The molecule has 6 heteroatoms. The predicted molar refractivity (Wildman–Crippen MR) is 77.3 cm³/mol. The molecule has 0 aliphatic rings. The fourth-order valence-electron chi connectivity index (χ4n) is 1.62. The SMILES string of the molecule is CC(=NO)c1ccc(NS(=O)(=O)CC(C)(C)C)cc1. The van der Waals surface area contributed by atoms with Gasteiger partial charge in [-0.2, -0.15) is 0 Å². The van der Waals surface area contributed by atoms with Gasteiger partial charge in [0.2, 0.25) is 10.0 Å². The molecular formula is C13H20N2O3S. The number of nitrogens with one attached hydrogen (secondary N) is 1. The maximum Gasteiger partial charge on any atom is 0.233 e. The molecule has 0 unspecified atom stereocenters. The maximum atomic E-state index is 11.9. The van der Waals surface area contributed by atoms with Crippen molar-refractivity contribution in [2.45, 2.75) is 27.7 Å². The molecule has 5 nitrogen and oxygen atoms in total. The summed E-state index contributed by atoms with van der Waals surface area (Å²) in [5, 5.41) is 11.7. The molecule has 0 radical (unpaired) electrons. The van der Waals surface area contributed by atoms with Crippen molar-refractivity contribution in [1.29, 1.82) is 0 Å². The Balaban J connectivity index is 2.84. The maximum absolute atomic E-state index is 11.9. The second kappa shape index (κ2) is 5.61. The molecule has 0 atom stereocenters. The number of benzene rings is 1. The van der Waals surface area contributed by atoms with E-state index in [1.54, 1.807) is 31.2 Å². The molecule has 0 amide bonds. The number of hydrogen-bond acceptors (Lipinski definition) is 4. The highest BCUT2D eigenvalue weighted by Crippen LogP contribution is 2.19. The Morgan fingerprint density at radius 2 is 1.79 bits per heavy atom. The van der Waals surface area contributed by atoms with Gasteiger partial charge in [0.05, 0.1) is 11.5 Å². The molecule has 0 fully saturated rings. The highest BCUT2D eigenvalue weighted by molar-refractivity contribution is 7.92. The summed E-state index contributed by atoms with van der Waals surface area (Å²) in [7, 11) is -3.36. The molecule has 0 bridgehead atoms. The largest absolute Gasteiger partial charge is 0.411 e. The second-order valence-corrected chi connectivity index (χ2v) is 7.41. The molecule has 1 rings (SSSR count). The van der Waals surface area contributed by atoms with Crippen LogP contribution in [0, 0.1) is 5.41 Å². The number of nitrogens with zero attached hydrogens (tertiary/aromatic N) is 1. The Bertz CT molecular complexity index is 555. The van der Waals surface area contributed by atoms with Crippen LogP contribution in [0.4, 0.5) is 5.69 Å². The van der Waals surface area contributed by atoms with E-state index < -0.39 is 10.0 Å². The first kappa shape index (κ1) is 15.5. The van der Waals surface area contributed by atoms with E-state index in [9.17, 15) is 8.42 Å². The molecule has 0 spiro atoms. The highest BCUT2D eigenvalue weighted by Gasteiger charge is 2.21. The van der Waals surface area contributed by atoms with Crippen molar-refractivity contribution in [1.82, 2.24) is 0 Å². The van der Waals surface area contributed by atoms with Gasteiger partial charge >= 0.3 is 0 Å². The number of oxime groups is 1. The number of anilines is 1. The number of hydrogen-bond donors (Lipinski definition) is 2. The van der Waals surface area contributed by atoms with Gasteiger partial charge in [-0.3, -0.25) is 4.72 Å². The highest BCUT2D eigenvalue weighted by atomic mass is 32.2. The summed E-state index contributed by atoms with van der Waals surface area (Å²) >= 11 is 0. The molecule has 0 heterocycles. The van der Waals surface area contributed by atoms with Crippen molar-refractivity contribution < 1.29 is 13.6 Å². The zero-order valence-electron chi connectivity index (χ0n) is 11.6. The second-order valence-electron chi connectivity index (χ2n) is 5.68. The van der Waals surface area contributed by atoms with Crippen LogP contribution >= 0.6 is 0 Å². The van der Waals surface area contributed by atoms with Crippen LogP contribution in [-0.2, 0) is 10.0 Å². The Kier molecular flexibility index (Phi) is 4.57. The van der Waals surface area contributed by atoms with Gasteiger partial charge in [-0.15, -0.1) is 0 Å². The molecule has 0 aromatic heterocycles. The summed E-state index contributed by atoms with van der Waals surface area (Å²) < 4.78 is 26.4. The summed E-state index contributed by atoms with van der Waals surface area (Å²) in [6, 6.07) is 6.68. The zero-order chi connectivity index (χ0) is 14.7. The number of rotatable bonds is 4. The third kappa shape index (κ3) is 5.30. The molecular weight excluding hydrogens is 264 g/mol. The quantitative estimate of drug-likeness (QED) is 0.507. The standard InChI is InChI=1S/C13H20N2O3S/c1-10(14-16)11-5-7-12(8-6-11)15-19(17,18)9-13(2,3)4/h5-8,15-16H,9H2,1-4H3. The molecule has 2 N–H and O–H groups in total. The molecule has 0 saturated heterocycles. The van der Waals surface area contributed by atoms with E-state index in [0.717, 1.165) is 5.56 Å². The van der Waals surface area contributed by atoms with E-state index in [2.05, 4.69) is 9.88 Å². The summed E-state index contributed by atoms with van der Waals surface area (Å²) in [6.07, 6.45) is 0. The van der Waals surface area contributed by atoms with E-state index >= 15 is 0 Å². The third-order valence-electron chi connectivity index (χ3n) is 2.35. The summed E-state index contributed by atoms with van der Waals surface area (Å²) in [5.41, 5.74) is 1.41.